The zero-order valence-corrected chi connectivity index (χ0v) is 35.7. The molecule has 0 bridgehead atoms. The second-order valence-electron chi connectivity index (χ2n) is 15.9. The number of alkyl halides is 8. The third kappa shape index (κ3) is 9.24. The molecular formula is C39H32ClF10N7O5S2. The van der Waals surface area contributed by atoms with Crippen molar-refractivity contribution < 1.29 is 65.5 Å². The molecule has 2 aliphatic rings. The molecule has 2 aromatic carbocycles. The molecule has 1 saturated carbocycles. The van der Waals surface area contributed by atoms with Crippen molar-refractivity contribution in [1.82, 2.24) is 29.9 Å². The molecule has 1 fully saturated rings. The van der Waals surface area contributed by atoms with Crippen LogP contribution in [-0.4, -0.2) is 70.7 Å². The first-order valence-electron chi connectivity index (χ1n) is 18.6. The maximum atomic E-state index is 15.5. The molecule has 3 aromatic heterocycles. The summed E-state index contributed by atoms with van der Waals surface area (Å²) in [6.45, 7) is -0.547. The van der Waals surface area contributed by atoms with Crippen molar-refractivity contribution in [2.24, 2.45) is 5.92 Å². The third-order valence-corrected chi connectivity index (χ3v) is 13.4. The average molecular weight is 968 g/mol. The smallest absolute Gasteiger partial charge is 0.346 e. The average Bonchev–Trinajstić information content (AvgIpc) is 3.66. The Morgan fingerprint density at radius 1 is 0.953 bits per heavy atom. The van der Waals surface area contributed by atoms with Crippen LogP contribution in [0.1, 0.15) is 66.1 Å². The lowest BCUT2D eigenvalue weighted by Crippen LogP contribution is -2.35. The number of sulfone groups is 1. The van der Waals surface area contributed by atoms with Crippen LogP contribution >= 0.6 is 11.6 Å². The van der Waals surface area contributed by atoms with Gasteiger partial charge in [0.1, 0.15) is 40.9 Å². The number of hydrogen-bond donors (Lipinski definition) is 2. The van der Waals surface area contributed by atoms with E-state index in [9.17, 15) is 56.8 Å². The van der Waals surface area contributed by atoms with Crippen LogP contribution in [-0.2, 0) is 56.3 Å². The lowest BCUT2D eigenvalue weighted by molar-refractivity contribution is -0.142. The topological polar surface area (TPSA) is 158 Å². The zero-order chi connectivity index (χ0) is 47.3. The lowest BCUT2D eigenvalue weighted by Gasteiger charge is -2.23. The highest BCUT2D eigenvalue weighted by Crippen LogP contribution is 2.68. The van der Waals surface area contributed by atoms with E-state index in [1.54, 1.807) is 0 Å². The first kappa shape index (κ1) is 46.6. The number of fused-ring (bicyclic) bond motifs is 4. The lowest BCUT2D eigenvalue weighted by atomic mass is 9.93. The van der Waals surface area contributed by atoms with Crippen LogP contribution in [0.3, 0.4) is 0 Å². The van der Waals surface area contributed by atoms with Gasteiger partial charge in [-0.05, 0) is 74.4 Å². The van der Waals surface area contributed by atoms with Gasteiger partial charge in [0.2, 0.25) is 15.9 Å². The Hall–Kier alpha value is -5.41. The van der Waals surface area contributed by atoms with Crippen LogP contribution in [0.4, 0.5) is 49.7 Å². The highest BCUT2D eigenvalue weighted by atomic mass is 35.5. The van der Waals surface area contributed by atoms with Gasteiger partial charge < -0.3 is 5.32 Å². The van der Waals surface area contributed by atoms with Crippen molar-refractivity contribution in [3.05, 3.63) is 93.0 Å². The predicted octanol–water partition coefficient (Wildman–Crippen LogP) is 7.66. The first-order chi connectivity index (χ1) is 29.3. The van der Waals surface area contributed by atoms with Crippen LogP contribution in [0.5, 0.6) is 0 Å². The predicted molar refractivity (Wildman–Crippen MR) is 211 cm³/mol. The van der Waals surface area contributed by atoms with Crippen molar-refractivity contribution >= 4 is 54.1 Å². The molecule has 3 atom stereocenters. The van der Waals surface area contributed by atoms with Gasteiger partial charge in [0.15, 0.2) is 21.3 Å². The molecule has 2 aliphatic carbocycles. The molecule has 2 N–H and O–H groups in total. The molecule has 0 unspecified atom stereocenters. The van der Waals surface area contributed by atoms with Gasteiger partial charge in [-0.2, -0.15) is 45.3 Å². The van der Waals surface area contributed by atoms with E-state index >= 15 is 8.78 Å². The van der Waals surface area contributed by atoms with Gasteiger partial charge in [-0.25, -0.2) is 30.6 Å². The molecule has 0 aliphatic heterocycles. The van der Waals surface area contributed by atoms with Crippen molar-refractivity contribution in [3.63, 3.8) is 0 Å². The van der Waals surface area contributed by atoms with E-state index in [0.717, 1.165) is 24.5 Å². The summed E-state index contributed by atoms with van der Waals surface area (Å²) in [6, 6.07) is 5.24. The monoisotopic (exact) mass is 967 g/mol. The molecule has 25 heteroatoms. The number of amides is 1. The van der Waals surface area contributed by atoms with Gasteiger partial charge in [-0.3, -0.25) is 18.9 Å². The standard InChI is InChI=1S/C39H32ClF10N7O5S2/c1-36(2,63(3,59)60)10-9-21-5-6-22(23-7-8-26(40)30-32(23)57(17-37(43,44)45)54-35(30)55-64(4,61)62)31(51-21)27(13-18-11-19(41)14-20(42)12-18)52-28(58)16-56-34-29(33(53-56)39(48,49)50)24-15-25(24)38(34,46)47/h5-8,11-12,14,24-25,27H,13,15-17H2,1-4H3,(H,52,58)(H,54,55)/t24-,25+,27-/m1/s1. The Morgan fingerprint density at radius 2 is 1.59 bits per heavy atom. The van der Waals surface area contributed by atoms with Gasteiger partial charge in [0.05, 0.1) is 33.9 Å². The van der Waals surface area contributed by atoms with Crippen molar-refractivity contribution in [1.29, 1.82) is 0 Å². The summed E-state index contributed by atoms with van der Waals surface area (Å²) in [7, 11) is -8.06. The van der Waals surface area contributed by atoms with E-state index in [0.29, 0.717) is 17.0 Å². The minimum Gasteiger partial charge on any atom is -0.346 e. The number of halogens is 11. The fourth-order valence-electron chi connectivity index (χ4n) is 7.52. The normalized spacial score (nSPS) is 17.7. The summed E-state index contributed by atoms with van der Waals surface area (Å²) in [5.41, 5.74) is -5.17. The maximum absolute atomic E-state index is 15.5. The summed E-state index contributed by atoms with van der Waals surface area (Å²) in [5, 5.41) is 9.01. The van der Waals surface area contributed by atoms with Crippen molar-refractivity contribution in [2.75, 3.05) is 17.2 Å². The maximum Gasteiger partial charge on any atom is 0.435 e. The molecule has 64 heavy (non-hydrogen) atoms. The van der Waals surface area contributed by atoms with Gasteiger partial charge in [-0.1, -0.05) is 23.6 Å². The van der Waals surface area contributed by atoms with Gasteiger partial charge >= 0.3 is 12.4 Å². The molecule has 1 amide bonds. The van der Waals surface area contributed by atoms with Gasteiger partial charge in [-0.15, -0.1) is 0 Å². The SMILES string of the molecule is CC(C)(C#Cc1ccc(-c2ccc(Cl)c3c(NS(C)(=O)=O)nn(CC(F)(F)F)c23)c([C@@H](Cc2cc(F)cc(F)c2)NC(=O)Cn2nc(C(F)(F)F)c3c2C(F)(F)[C@H]2C[C@@H]32)n1)S(C)(=O)=O. The third-order valence-electron chi connectivity index (χ3n) is 10.6. The fraction of sp³-hybridized carbons (Fsp3) is 0.385. The summed E-state index contributed by atoms with van der Waals surface area (Å²) >= 11 is 6.46. The van der Waals surface area contributed by atoms with E-state index in [1.165, 1.54) is 32.0 Å². The minimum atomic E-state index is -5.19. The quantitative estimate of drug-likeness (QED) is 0.101. The molecule has 0 saturated heterocycles. The van der Waals surface area contributed by atoms with Gasteiger partial charge in [0.25, 0.3) is 5.92 Å². The van der Waals surface area contributed by atoms with Crippen molar-refractivity contribution in [3.8, 4) is 23.0 Å². The summed E-state index contributed by atoms with van der Waals surface area (Å²) in [5.74, 6) is -5.43. The van der Waals surface area contributed by atoms with E-state index in [4.69, 9.17) is 11.6 Å². The Kier molecular flexibility index (Phi) is 11.4. The summed E-state index contributed by atoms with van der Waals surface area (Å²) in [6.07, 6.45) is -9.46. The number of sulfonamides is 1. The van der Waals surface area contributed by atoms with E-state index in [1.807, 2.05) is 4.72 Å². The molecule has 5 aromatic rings. The number of rotatable bonds is 11. The highest BCUT2D eigenvalue weighted by molar-refractivity contribution is 7.92. The first-order valence-corrected chi connectivity index (χ1v) is 22.8. The number of benzene rings is 2. The number of nitrogens with one attached hydrogen (secondary N) is 2. The molecule has 7 rings (SSSR count). The Labute approximate surface area is 362 Å². The van der Waals surface area contributed by atoms with E-state index in [-0.39, 0.29) is 49.6 Å². The Bertz CT molecular complexity index is 3030. The van der Waals surface area contributed by atoms with Crippen LogP contribution in [0.2, 0.25) is 5.02 Å². The van der Waals surface area contributed by atoms with E-state index < -0.39 is 126 Å². The highest BCUT2D eigenvalue weighted by Gasteiger charge is 2.68. The van der Waals surface area contributed by atoms with E-state index in [2.05, 4.69) is 32.3 Å². The molecule has 0 spiro atoms. The van der Waals surface area contributed by atoms with Crippen LogP contribution in [0.25, 0.3) is 22.0 Å². The number of nitrogens with zero attached hydrogens (tertiary/aromatic N) is 5. The fourth-order valence-corrected chi connectivity index (χ4v) is 8.50. The van der Waals surface area contributed by atoms with Crippen molar-refractivity contribution in [2.45, 2.75) is 74.8 Å². The van der Waals surface area contributed by atoms with Crippen LogP contribution in [0, 0.1) is 29.4 Å². The number of carbonyl (C=O) groups excluding carboxylic acids is 1. The summed E-state index contributed by atoms with van der Waals surface area (Å²) < 4.78 is 195. The molecule has 12 nitrogen and oxygen atoms in total. The summed E-state index contributed by atoms with van der Waals surface area (Å²) in [4.78, 5) is 18.5. The number of anilines is 1. The van der Waals surface area contributed by atoms with Gasteiger partial charge in [0, 0.05) is 34.9 Å². The van der Waals surface area contributed by atoms with Crippen LogP contribution in [0.15, 0.2) is 42.5 Å². The number of aromatic nitrogens is 5. The zero-order valence-electron chi connectivity index (χ0n) is 33.4. The molecule has 342 valence electrons. The molecular weight excluding hydrogens is 936 g/mol. The number of pyridine rings is 1. The van der Waals surface area contributed by atoms with Crippen LogP contribution < -0.4 is 10.0 Å². The second-order valence-corrected chi connectivity index (χ2v) is 20.6. The Balaban J connectivity index is 1.45. The minimum absolute atomic E-state index is 0.195. The Morgan fingerprint density at radius 3 is 2.19 bits per heavy atom. The number of hydrogen-bond acceptors (Lipinski definition) is 8. The molecule has 3 heterocycles. The second kappa shape index (κ2) is 15.6. The molecule has 0 radical (unpaired) electrons. The largest absolute Gasteiger partial charge is 0.435 e. The number of carbonyl (C=O) groups is 1.